The minimum absolute atomic E-state index is 0.117. The summed E-state index contributed by atoms with van der Waals surface area (Å²) in [7, 11) is 2.08. The summed E-state index contributed by atoms with van der Waals surface area (Å²) >= 11 is 5.81. The molecule has 1 unspecified atom stereocenters. The number of rotatable bonds is 4. The molecule has 1 aromatic carbocycles. The van der Waals surface area contributed by atoms with Gasteiger partial charge in [-0.25, -0.2) is 4.79 Å². The van der Waals surface area contributed by atoms with Crippen LogP contribution in [0.15, 0.2) is 18.2 Å². The van der Waals surface area contributed by atoms with Gasteiger partial charge >= 0.3 is 5.97 Å². The first-order valence-electron chi connectivity index (χ1n) is 6.44. The molecule has 104 valence electrons. The molecule has 0 bridgehead atoms. The van der Waals surface area contributed by atoms with Crippen molar-refractivity contribution in [3.63, 3.8) is 0 Å². The molecule has 1 heterocycles. The maximum Gasteiger partial charge on any atom is 0.339 e. The van der Waals surface area contributed by atoms with Crippen LogP contribution >= 0.6 is 11.6 Å². The van der Waals surface area contributed by atoms with Gasteiger partial charge in [0.25, 0.3) is 0 Å². The number of carboxylic acids is 1. The number of benzene rings is 1. The lowest BCUT2D eigenvalue weighted by molar-refractivity contribution is 0.0688. The van der Waals surface area contributed by atoms with Crippen molar-refractivity contribution in [1.82, 2.24) is 4.90 Å². The number of aromatic carboxylic acids is 1. The van der Waals surface area contributed by atoms with Crippen molar-refractivity contribution in [2.45, 2.75) is 25.3 Å². The standard InChI is InChI=1S/C14H18ClNO3/c1-16-7-3-2-4-11(16)9-19-13-6-5-10(15)8-12(13)14(17)18/h5-6,8,11H,2-4,7,9H2,1H3,(H,17,18). The lowest BCUT2D eigenvalue weighted by atomic mass is 10.0. The Labute approximate surface area is 117 Å². The van der Waals surface area contributed by atoms with Gasteiger partial charge in [-0.1, -0.05) is 18.0 Å². The fourth-order valence-corrected chi connectivity index (χ4v) is 2.51. The van der Waals surface area contributed by atoms with E-state index in [0.29, 0.717) is 23.4 Å². The molecule has 1 N–H and O–H groups in total. The van der Waals surface area contributed by atoms with E-state index in [9.17, 15) is 4.79 Å². The van der Waals surface area contributed by atoms with Gasteiger partial charge < -0.3 is 14.7 Å². The average Bonchev–Trinajstić information content (AvgIpc) is 2.38. The van der Waals surface area contributed by atoms with Gasteiger partial charge in [0.1, 0.15) is 17.9 Å². The van der Waals surface area contributed by atoms with Crippen LogP contribution in [0.4, 0.5) is 0 Å². The van der Waals surface area contributed by atoms with Crippen LogP contribution in [-0.2, 0) is 0 Å². The summed E-state index contributed by atoms with van der Waals surface area (Å²) in [6, 6.07) is 5.04. The van der Waals surface area contributed by atoms with E-state index in [4.69, 9.17) is 21.4 Å². The molecule has 1 aliphatic heterocycles. The van der Waals surface area contributed by atoms with E-state index < -0.39 is 5.97 Å². The number of carboxylic acid groups (broad SMARTS) is 1. The molecule has 19 heavy (non-hydrogen) atoms. The summed E-state index contributed by atoms with van der Waals surface area (Å²) in [6.45, 7) is 1.58. The average molecular weight is 284 g/mol. The number of carbonyl (C=O) groups is 1. The largest absolute Gasteiger partial charge is 0.491 e. The Morgan fingerprint density at radius 1 is 1.53 bits per heavy atom. The number of hydrogen-bond donors (Lipinski definition) is 1. The van der Waals surface area contributed by atoms with Crippen molar-refractivity contribution < 1.29 is 14.6 Å². The first-order chi connectivity index (χ1) is 9.08. The predicted octanol–water partition coefficient (Wildman–Crippen LogP) is 2.90. The van der Waals surface area contributed by atoms with Gasteiger partial charge in [0.15, 0.2) is 0 Å². The zero-order valence-corrected chi connectivity index (χ0v) is 11.7. The molecule has 0 amide bonds. The Morgan fingerprint density at radius 2 is 2.32 bits per heavy atom. The van der Waals surface area contributed by atoms with Crippen molar-refractivity contribution in [3.8, 4) is 5.75 Å². The molecule has 1 saturated heterocycles. The van der Waals surface area contributed by atoms with Crippen LogP contribution in [0.5, 0.6) is 5.75 Å². The van der Waals surface area contributed by atoms with Crippen LogP contribution in [0.3, 0.4) is 0 Å². The molecule has 0 spiro atoms. The van der Waals surface area contributed by atoms with Crippen LogP contribution in [0, 0.1) is 0 Å². The van der Waals surface area contributed by atoms with Crippen molar-refractivity contribution in [2.75, 3.05) is 20.2 Å². The summed E-state index contributed by atoms with van der Waals surface area (Å²) < 4.78 is 5.68. The molecule has 0 radical (unpaired) electrons. The van der Waals surface area contributed by atoms with E-state index in [1.165, 1.54) is 18.9 Å². The highest BCUT2D eigenvalue weighted by atomic mass is 35.5. The maximum atomic E-state index is 11.1. The first-order valence-corrected chi connectivity index (χ1v) is 6.81. The fourth-order valence-electron chi connectivity index (χ4n) is 2.34. The Morgan fingerprint density at radius 3 is 3.00 bits per heavy atom. The summed E-state index contributed by atoms with van der Waals surface area (Å²) in [5, 5.41) is 9.53. The number of piperidine rings is 1. The normalized spacial score (nSPS) is 20.2. The summed E-state index contributed by atoms with van der Waals surface area (Å²) in [5.74, 6) is -0.634. The highest BCUT2D eigenvalue weighted by Crippen LogP contribution is 2.24. The number of likely N-dealkylation sites (tertiary alicyclic amines) is 1. The lowest BCUT2D eigenvalue weighted by Crippen LogP contribution is -2.40. The highest BCUT2D eigenvalue weighted by Gasteiger charge is 2.20. The summed E-state index contributed by atoms with van der Waals surface area (Å²) in [5.41, 5.74) is 0.117. The van der Waals surface area contributed by atoms with Gasteiger partial charge in [0.05, 0.1) is 0 Å². The third kappa shape index (κ3) is 3.61. The highest BCUT2D eigenvalue weighted by molar-refractivity contribution is 6.31. The Balaban J connectivity index is 2.04. The summed E-state index contributed by atoms with van der Waals surface area (Å²) in [4.78, 5) is 13.4. The van der Waals surface area contributed by atoms with E-state index in [0.717, 1.165) is 13.0 Å². The molecule has 2 rings (SSSR count). The second kappa shape index (κ2) is 6.26. The number of nitrogens with zero attached hydrogens (tertiary/aromatic N) is 1. The van der Waals surface area contributed by atoms with Crippen LogP contribution in [0.25, 0.3) is 0 Å². The van der Waals surface area contributed by atoms with Crippen LogP contribution < -0.4 is 4.74 Å². The Hall–Kier alpha value is -1.26. The van der Waals surface area contributed by atoms with Gasteiger partial charge in [-0.2, -0.15) is 0 Å². The minimum Gasteiger partial charge on any atom is -0.491 e. The Bertz CT molecular complexity index is 464. The molecule has 1 fully saturated rings. The number of likely N-dealkylation sites (N-methyl/N-ethyl adjacent to an activating group) is 1. The van der Waals surface area contributed by atoms with Crippen molar-refractivity contribution in [1.29, 1.82) is 0 Å². The molecule has 0 aromatic heterocycles. The molecule has 1 atom stereocenters. The monoisotopic (exact) mass is 283 g/mol. The zero-order valence-electron chi connectivity index (χ0n) is 10.9. The molecule has 0 aliphatic carbocycles. The SMILES string of the molecule is CN1CCCCC1COc1ccc(Cl)cc1C(=O)O. The van der Waals surface area contributed by atoms with E-state index in [-0.39, 0.29) is 5.56 Å². The molecule has 4 nitrogen and oxygen atoms in total. The third-order valence-electron chi connectivity index (χ3n) is 3.52. The fraction of sp³-hybridized carbons (Fsp3) is 0.500. The smallest absolute Gasteiger partial charge is 0.339 e. The first kappa shape index (κ1) is 14.2. The van der Waals surface area contributed by atoms with Gasteiger partial charge in [0, 0.05) is 11.1 Å². The van der Waals surface area contributed by atoms with Crippen LogP contribution in [-0.4, -0.2) is 42.2 Å². The van der Waals surface area contributed by atoms with Crippen LogP contribution in [0.2, 0.25) is 5.02 Å². The number of ether oxygens (including phenoxy) is 1. The van der Waals surface area contributed by atoms with Gasteiger partial charge in [0.2, 0.25) is 0 Å². The minimum atomic E-state index is -1.02. The maximum absolute atomic E-state index is 11.1. The van der Waals surface area contributed by atoms with Gasteiger partial charge in [-0.15, -0.1) is 0 Å². The predicted molar refractivity (Wildman–Crippen MR) is 74.2 cm³/mol. The molecular formula is C14H18ClNO3. The molecule has 0 saturated carbocycles. The van der Waals surface area contributed by atoms with E-state index >= 15 is 0 Å². The second-order valence-electron chi connectivity index (χ2n) is 4.89. The van der Waals surface area contributed by atoms with Crippen molar-refractivity contribution >= 4 is 17.6 Å². The van der Waals surface area contributed by atoms with Crippen LogP contribution in [0.1, 0.15) is 29.6 Å². The van der Waals surface area contributed by atoms with E-state index in [1.807, 2.05) is 0 Å². The third-order valence-corrected chi connectivity index (χ3v) is 3.76. The zero-order chi connectivity index (χ0) is 13.8. The van der Waals surface area contributed by atoms with Crippen molar-refractivity contribution in [2.24, 2.45) is 0 Å². The topological polar surface area (TPSA) is 49.8 Å². The second-order valence-corrected chi connectivity index (χ2v) is 5.32. The Kier molecular flexibility index (Phi) is 4.66. The molecule has 1 aromatic rings. The van der Waals surface area contributed by atoms with Crippen molar-refractivity contribution in [3.05, 3.63) is 28.8 Å². The quantitative estimate of drug-likeness (QED) is 0.923. The van der Waals surface area contributed by atoms with E-state index in [2.05, 4.69) is 11.9 Å². The number of hydrogen-bond acceptors (Lipinski definition) is 3. The summed E-state index contributed by atoms with van der Waals surface area (Å²) in [6.07, 6.45) is 3.51. The van der Waals surface area contributed by atoms with E-state index in [1.54, 1.807) is 12.1 Å². The molecule has 1 aliphatic rings. The molecule has 5 heteroatoms. The van der Waals surface area contributed by atoms with Gasteiger partial charge in [-0.3, -0.25) is 0 Å². The lowest BCUT2D eigenvalue weighted by Gasteiger charge is -2.32. The molecular weight excluding hydrogens is 266 g/mol. The number of halogens is 1. The van der Waals surface area contributed by atoms with Gasteiger partial charge in [-0.05, 0) is 44.6 Å².